The second kappa shape index (κ2) is 4.84. The molecule has 0 aromatic heterocycles. The second-order valence-electron chi connectivity index (χ2n) is 5.09. The summed E-state index contributed by atoms with van der Waals surface area (Å²) in [5, 5.41) is 3.42. The van der Waals surface area contributed by atoms with Crippen molar-refractivity contribution in [2.75, 3.05) is 13.1 Å². The van der Waals surface area contributed by atoms with Gasteiger partial charge >= 0.3 is 0 Å². The Kier molecular flexibility index (Phi) is 3.45. The molecule has 0 spiro atoms. The Morgan fingerprint density at radius 3 is 2.56 bits per heavy atom. The highest BCUT2D eigenvalue weighted by Crippen LogP contribution is 2.30. The van der Waals surface area contributed by atoms with Crippen LogP contribution in [-0.4, -0.2) is 13.1 Å². The largest absolute Gasteiger partial charge is 0.317 e. The van der Waals surface area contributed by atoms with Crippen LogP contribution < -0.4 is 5.32 Å². The van der Waals surface area contributed by atoms with E-state index in [4.69, 9.17) is 0 Å². The van der Waals surface area contributed by atoms with E-state index in [-0.39, 0.29) is 0 Å². The van der Waals surface area contributed by atoms with Gasteiger partial charge < -0.3 is 5.32 Å². The molecule has 1 saturated heterocycles. The average Bonchev–Trinajstić information content (AvgIpc) is 2.29. The summed E-state index contributed by atoms with van der Waals surface area (Å²) in [5.41, 5.74) is 3.09. The lowest BCUT2D eigenvalue weighted by molar-refractivity contribution is 0.303. The van der Waals surface area contributed by atoms with Gasteiger partial charge in [-0.1, -0.05) is 43.3 Å². The standard InChI is InChI=1S/C15H21N/c1-13-5-3-4-6-14(13)7-8-15(2)9-11-16-12-10-15/h3-8,16H,9-12H2,1-2H3/b8-7-. The van der Waals surface area contributed by atoms with Gasteiger partial charge in [-0.25, -0.2) is 0 Å². The Balaban J connectivity index is 2.11. The third kappa shape index (κ3) is 2.73. The molecule has 2 rings (SSSR count). The van der Waals surface area contributed by atoms with E-state index in [1.165, 1.54) is 24.0 Å². The summed E-state index contributed by atoms with van der Waals surface area (Å²) in [5.74, 6) is 0. The molecular weight excluding hydrogens is 194 g/mol. The molecule has 1 aliphatic rings. The molecular formula is C15H21N. The molecule has 1 heterocycles. The number of aryl methyl sites for hydroxylation is 1. The molecule has 0 amide bonds. The van der Waals surface area contributed by atoms with E-state index in [2.05, 4.69) is 55.6 Å². The van der Waals surface area contributed by atoms with E-state index < -0.39 is 0 Å². The Morgan fingerprint density at radius 2 is 1.88 bits per heavy atom. The Morgan fingerprint density at radius 1 is 1.19 bits per heavy atom. The van der Waals surface area contributed by atoms with Gasteiger partial charge in [-0.3, -0.25) is 0 Å². The van der Waals surface area contributed by atoms with Crippen molar-refractivity contribution in [3.63, 3.8) is 0 Å². The number of piperidine rings is 1. The molecule has 16 heavy (non-hydrogen) atoms. The van der Waals surface area contributed by atoms with Crippen molar-refractivity contribution >= 4 is 6.08 Å². The maximum absolute atomic E-state index is 3.42. The molecule has 0 radical (unpaired) electrons. The van der Waals surface area contributed by atoms with Crippen LogP contribution in [0.1, 0.15) is 30.9 Å². The van der Waals surface area contributed by atoms with Gasteiger partial charge in [0.1, 0.15) is 0 Å². The minimum atomic E-state index is 0.382. The minimum absolute atomic E-state index is 0.382. The van der Waals surface area contributed by atoms with Crippen LogP contribution in [-0.2, 0) is 0 Å². The van der Waals surface area contributed by atoms with Crippen molar-refractivity contribution in [2.24, 2.45) is 5.41 Å². The van der Waals surface area contributed by atoms with Crippen LogP contribution >= 0.6 is 0 Å². The van der Waals surface area contributed by atoms with Gasteiger partial charge in [-0.15, -0.1) is 0 Å². The quantitative estimate of drug-likeness (QED) is 0.797. The highest BCUT2D eigenvalue weighted by Gasteiger charge is 2.23. The molecule has 0 unspecified atom stereocenters. The van der Waals surface area contributed by atoms with E-state index in [0.717, 1.165) is 13.1 Å². The lowest BCUT2D eigenvalue weighted by atomic mass is 9.80. The Bertz CT molecular complexity index is 373. The summed E-state index contributed by atoms with van der Waals surface area (Å²) in [7, 11) is 0. The van der Waals surface area contributed by atoms with Crippen molar-refractivity contribution in [3.05, 3.63) is 41.5 Å². The third-order valence-corrected chi connectivity index (χ3v) is 3.60. The summed E-state index contributed by atoms with van der Waals surface area (Å²) in [6.07, 6.45) is 7.18. The molecule has 1 aromatic carbocycles. The van der Waals surface area contributed by atoms with E-state index in [9.17, 15) is 0 Å². The zero-order valence-corrected chi connectivity index (χ0v) is 10.3. The fourth-order valence-electron chi connectivity index (χ4n) is 2.23. The molecule has 1 nitrogen and oxygen atoms in total. The smallest absolute Gasteiger partial charge is 0.00407 e. The van der Waals surface area contributed by atoms with Gasteiger partial charge in [0.15, 0.2) is 0 Å². The van der Waals surface area contributed by atoms with Gasteiger partial charge in [0.25, 0.3) is 0 Å². The highest BCUT2D eigenvalue weighted by atomic mass is 14.9. The minimum Gasteiger partial charge on any atom is -0.317 e. The van der Waals surface area contributed by atoms with Crippen LogP contribution in [0.3, 0.4) is 0 Å². The molecule has 1 fully saturated rings. The van der Waals surface area contributed by atoms with Gasteiger partial charge in [0, 0.05) is 0 Å². The summed E-state index contributed by atoms with van der Waals surface area (Å²) >= 11 is 0. The molecule has 0 atom stereocenters. The SMILES string of the molecule is Cc1ccccc1/C=C\C1(C)CCNCC1. The molecule has 1 aromatic rings. The first-order valence-corrected chi connectivity index (χ1v) is 6.15. The lowest BCUT2D eigenvalue weighted by Crippen LogP contribution is -2.33. The maximum Gasteiger partial charge on any atom is -0.00407 e. The zero-order chi connectivity index (χ0) is 11.4. The van der Waals surface area contributed by atoms with Crippen LogP contribution in [0, 0.1) is 12.3 Å². The summed E-state index contributed by atoms with van der Waals surface area (Å²) < 4.78 is 0. The van der Waals surface area contributed by atoms with Crippen molar-refractivity contribution in [2.45, 2.75) is 26.7 Å². The van der Waals surface area contributed by atoms with Gasteiger partial charge in [0.2, 0.25) is 0 Å². The maximum atomic E-state index is 3.42. The summed E-state index contributed by atoms with van der Waals surface area (Å²) in [4.78, 5) is 0. The van der Waals surface area contributed by atoms with Crippen LogP contribution in [0.5, 0.6) is 0 Å². The van der Waals surface area contributed by atoms with Crippen molar-refractivity contribution < 1.29 is 0 Å². The normalized spacial score (nSPS) is 20.1. The fraction of sp³-hybridized carbons (Fsp3) is 0.467. The summed E-state index contributed by atoms with van der Waals surface area (Å²) in [6, 6.07) is 8.57. The number of nitrogens with one attached hydrogen (secondary N) is 1. The van der Waals surface area contributed by atoms with Gasteiger partial charge in [0.05, 0.1) is 0 Å². The highest BCUT2D eigenvalue weighted by molar-refractivity contribution is 5.54. The predicted molar refractivity (Wildman–Crippen MR) is 70.4 cm³/mol. The topological polar surface area (TPSA) is 12.0 Å². The van der Waals surface area contributed by atoms with E-state index >= 15 is 0 Å². The zero-order valence-electron chi connectivity index (χ0n) is 10.3. The van der Waals surface area contributed by atoms with Gasteiger partial charge in [-0.05, 0) is 49.4 Å². The Hall–Kier alpha value is -1.08. The molecule has 0 saturated carbocycles. The first-order valence-electron chi connectivity index (χ1n) is 6.15. The number of allylic oxidation sites excluding steroid dienone is 1. The van der Waals surface area contributed by atoms with E-state index in [1.54, 1.807) is 0 Å². The first-order chi connectivity index (χ1) is 7.70. The number of hydrogen-bond donors (Lipinski definition) is 1. The number of benzene rings is 1. The van der Waals surface area contributed by atoms with Crippen LogP contribution in [0.2, 0.25) is 0 Å². The molecule has 1 aliphatic heterocycles. The van der Waals surface area contributed by atoms with Crippen LogP contribution in [0.4, 0.5) is 0 Å². The molecule has 1 heteroatoms. The third-order valence-electron chi connectivity index (χ3n) is 3.60. The molecule has 0 aliphatic carbocycles. The van der Waals surface area contributed by atoms with E-state index in [1.807, 2.05) is 0 Å². The van der Waals surface area contributed by atoms with Gasteiger partial charge in [-0.2, -0.15) is 0 Å². The molecule has 86 valence electrons. The number of rotatable bonds is 2. The van der Waals surface area contributed by atoms with Crippen molar-refractivity contribution in [3.8, 4) is 0 Å². The van der Waals surface area contributed by atoms with Crippen molar-refractivity contribution in [1.82, 2.24) is 5.32 Å². The van der Waals surface area contributed by atoms with E-state index in [0.29, 0.717) is 5.41 Å². The number of hydrogen-bond acceptors (Lipinski definition) is 1. The first kappa shape index (κ1) is 11.4. The Labute approximate surface area is 98.6 Å². The lowest BCUT2D eigenvalue weighted by Gasteiger charge is -2.31. The molecule has 0 bridgehead atoms. The van der Waals surface area contributed by atoms with Crippen LogP contribution in [0.15, 0.2) is 30.3 Å². The monoisotopic (exact) mass is 215 g/mol. The second-order valence-corrected chi connectivity index (χ2v) is 5.09. The average molecular weight is 215 g/mol. The predicted octanol–water partition coefficient (Wildman–Crippen LogP) is 3.40. The fourth-order valence-corrected chi connectivity index (χ4v) is 2.23. The molecule has 1 N–H and O–H groups in total. The van der Waals surface area contributed by atoms with Crippen LogP contribution in [0.25, 0.3) is 6.08 Å². The van der Waals surface area contributed by atoms with Crippen molar-refractivity contribution in [1.29, 1.82) is 0 Å². The summed E-state index contributed by atoms with van der Waals surface area (Å²) in [6.45, 7) is 6.83.